The van der Waals surface area contributed by atoms with E-state index in [4.69, 9.17) is 4.74 Å². The molecule has 12 heteroatoms. The Hall–Kier alpha value is -2.83. The van der Waals surface area contributed by atoms with E-state index >= 15 is 0 Å². The summed E-state index contributed by atoms with van der Waals surface area (Å²) in [7, 11) is 7.07. The minimum Gasteiger partial charge on any atom is -0.508 e. The molecule has 0 radical (unpaired) electrons. The van der Waals surface area contributed by atoms with Gasteiger partial charge in [0.25, 0.3) is 0 Å². The van der Waals surface area contributed by atoms with Crippen molar-refractivity contribution in [3.63, 3.8) is 0 Å². The predicted molar refractivity (Wildman–Crippen MR) is 202 cm³/mol. The van der Waals surface area contributed by atoms with Crippen molar-refractivity contribution >= 4 is 35.4 Å². The summed E-state index contributed by atoms with van der Waals surface area (Å²) in [6, 6.07) is 5.43. The van der Waals surface area contributed by atoms with E-state index in [1.807, 2.05) is 63.9 Å². The summed E-state index contributed by atoms with van der Waals surface area (Å²) in [4.78, 5) is 60.0. The number of rotatable bonds is 20. The zero-order chi connectivity index (χ0) is 37.7. The minimum atomic E-state index is -0.732. The van der Waals surface area contributed by atoms with Crippen molar-refractivity contribution < 1.29 is 29.0 Å². The van der Waals surface area contributed by atoms with Crippen LogP contribution in [0.25, 0.3) is 0 Å². The van der Waals surface area contributed by atoms with Gasteiger partial charge in [-0.2, -0.15) is 11.8 Å². The van der Waals surface area contributed by atoms with Crippen LogP contribution in [0, 0.1) is 17.8 Å². The van der Waals surface area contributed by atoms with Gasteiger partial charge in [-0.15, -0.1) is 0 Å². The van der Waals surface area contributed by atoms with Crippen molar-refractivity contribution in [3.05, 3.63) is 29.8 Å². The maximum absolute atomic E-state index is 14.2. The molecule has 50 heavy (non-hydrogen) atoms. The number of nitrogens with one attached hydrogen (secondary N) is 2. The predicted octanol–water partition coefficient (Wildman–Crippen LogP) is 4.17. The van der Waals surface area contributed by atoms with Gasteiger partial charge in [-0.1, -0.05) is 60.1 Å². The fraction of sp³-hybridized carbons (Fsp3) is 0.737. The molecule has 1 aliphatic heterocycles. The molecule has 11 nitrogen and oxygen atoms in total. The van der Waals surface area contributed by atoms with Gasteiger partial charge in [-0.05, 0) is 75.1 Å². The third-order valence-electron chi connectivity index (χ3n) is 10.2. The molecule has 1 aromatic rings. The van der Waals surface area contributed by atoms with E-state index in [0.717, 1.165) is 24.8 Å². The summed E-state index contributed by atoms with van der Waals surface area (Å²) in [5.41, 5.74) is 0.948. The van der Waals surface area contributed by atoms with Crippen LogP contribution in [0.2, 0.25) is 0 Å². The number of likely N-dealkylation sites (N-methyl/N-ethyl adjacent to an activating group) is 2. The lowest BCUT2D eigenvalue weighted by Crippen LogP contribution is -2.59. The molecule has 1 aliphatic rings. The summed E-state index contributed by atoms with van der Waals surface area (Å²) in [6.45, 7) is 13.0. The molecular weight excluding hydrogens is 655 g/mol. The van der Waals surface area contributed by atoms with Crippen LogP contribution in [0.15, 0.2) is 24.3 Å². The zero-order valence-corrected chi connectivity index (χ0v) is 33.2. The maximum Gasteiger partial charge on any atom is 0.245 e. The van der Waals surface area contributed by atoms with Crippen molar-refractivity contribution in [1.82, 2.24) is 25.3 Å². The summed E-state index contributed by atoms with van der Waals surface area (Å²) in [6.07, 6.45) is 4.88. The molecular formula is C38H65N5O6S. The van der Waals surface area contributed by atoms with Crippen LogP contribution < -0.4 is 10.6 Å². The number of ether oxygens (including phenoxy) is 1. The Morgan fingerprint density at radius 1 is 1.06 bits per heavy atom. The largest absolute Gasteiger partial charge is 0.508 e. The molecule has 284 valence electrons. The Morgan fingerprint density at radius 3 is 2.28 bits per heavy atom. The van der Waals surface area contributed by atoms with E-state index in [0.29, 0.717) is 25.9 Å². The first-order chi connectivity index (χ1) is 23.6. The van der Waals surface area contributed by atoms with Gasteiger partial charge in [0, 0.05) is 45.0 Å². The third kappa shape index (κ3) is 12.1. The first-order valence-corrected chi connectivity index (χ1v) is 19.5. The number of likely N-dealkylation sites (tertiary alicyclic amines) is 1. The lowest BCUT2D eigenvalue weighted by molar-refractivity contribution is -0.146. The van der Waals surface area contributed by atoms with E-state index < -0.39 is 18.2 Å². The Labute approximate surface area is 305 Å². The normalized spacial score (nSPS) is 18.4. The molecule has 0 spiro atoms. The molecule has 0 aromatic heterocycles. The number of benzene rings is 1. The van der Waals surface area contributed by atoms with Crippen molar-refractivity contribution in [2.75, 3.05) is 47.6 Å². The summed E-state index contributed by atoms with van der Waals surface area (Å²) < 4.78 is 6.01. The van der Waals surface area contributed by atoms with E-state index in [1.165, 1.54) is 0 Å². The Kier molecular flexibility index (Phi) is 18.1. The molecule has 7 atom stereocenters. The molecule has 4 amide bonds. The van der Waals surface area contributed by atoms with Crippen LogP contribution in [0.3, 0.4) is 0 Å². The highest BCUT2D eigenvalue weighted by molar-refractivity contribution is 7.99. The molecule has 2 rings (SSSR count). The van der Waals surface area contributed by atoms with Gasteiger partial charge in [-0.25, -0.2) is 0 Å². The number of nitrogens with zero attached hydrogens (tertiary/aromatic N) is 3. The maximum atomic E-state index is 14.2. The third-order valence-corrected chi connectivity index (χ3v) is 11.2. The highest BCUT2D eigenvalue weighted by Gasteiger charge is 2.41. The molecule has 1 heterocycles. The first-order valence-electron chi connectivity index (χ1n) is 18.2. The van der Waals surface area contributed by atoms with Crippen molar-refractivity contribution in [2.24, 2.45) is 17.8 Å². The van der Waals surface area contributed by atoms with Crippen LogP contribution in [0.1, 0.15) is 79.2 Å². The van der Waals surface area contributed by atoms with E-state index in [-0.39, 0.29) is 70.9 Å². The fourth-order valence-electron chi connectivity index (χ4n) is 7.30. The van der Waals surface area contributed by atoms with E-state index in [1.54, 1.807) is 49.0 Å². The van der Waals surface area contributed by atoms with Gasteiger partial charge in [0.1, 0.15) is 11.8 Å². The van der Waals surface area contributed by atoms with E-state index in [2.05, 4.69) is 24.5 Å². The van der Waals surface area contributed by atoms with Crippen LogP contribution >= 0.6 is 11.8 Å². The molecule has 1 fully saturated rings. The van der Waals surface area contributed by atoms with Gasteiger partial charge in [-0.3, -0.25) is 24.1 Å². The van der Waals surface area contributed by atoms with E-state index in [9.17, 15) is 24.3 Å². The number of phenols is 1. The molecule has 0 aliphatic carbocycles. The molecule has 7 unspecified atom stereocenters. The molecule has 0 bridgehead atoms. The monoisotopic (exact) mass is 719 g/mol. The number of methoxy groups -OCH3 is 1. The van der Waals surface area contributed by atoms with Crippen molar-refractivity contribution in [2.45, 2.75) is 116 Å². The number of carbonyl (C=O) groups excluding carboxylic acids is 4. The molecule has 1 aromatic carbocycles. The molecule has 3 N–H and O–H groups in total. The highest BCUT2D eigenvalue weighted by Crippen LogP contribution is 2.31. The van der Waals surface area contributed by atoms with Crippen LogP contribution in [-0.4, -0.2) is 127 Å². The highest BCUT2D eigenvalue weighted by atomic mass is 32.2. The molecule has 0 saturated carbocycles. The van der Waals surface area contributed by atoms with Crippen molar-refractivity contribution in [3.8, 4) is 5.75 Å². The second kappa shape index (κ2) is 20.9. The SMILES string of the molecule is CCC(C)C(C(CC(=O)N1CCCC1C(CC(=O)NCCc1cccc(O)c1)SC)OC)N(C)C(=O)C(NC(=O)C(C(C)C)N(C)C)C(C)C. The molecule has 1 saturated heterocycles. The summed E-state index contributed by atoms with van der Waals surface area (Å²) >= 11 is 1.60. The lowest BCUT2D eigenvalue weighted by Gasteiger charge is -2.41. The summed E-state index contributed by atoms with van der Waals surface area (Å²) in [5.74, 6) is -0.357. The van der Waals surface area contributed by atoms with Gasteiger partial charge < -0.3 is 30.3 Å². The second-order valence-corrected chi connectivity index (χ2v) is 15.8. The topological polar surface area (TPSA) is 132 Å². The lowest BCUT2D eigenvalue weighted by atomic mass is 9.89. The Morgan fingerprint density at radius 2 is 1.74 bits per heavy atom. The zero-order valence-electron chi connectivity index (χ0n) is 32.4. The summed E-state index contributed by atoms with van der Waals surface area (Å²) in [5, 5.41) is 15.7. The van der Waals surface area contributed by atoms with Crippen LogP contribution in [-0.2, 0) is 30.3 Å². The van der Waals surface area contributed by atoms with Crippen molar-refractivity contribution in [1.29, 1.82) is 0 Å². The average Bonchev–Trinajstić information content (AvgIpc) is 3.54. The number of aromatic hydroxyl groups is 1. The van der Waals surface area contributed by atoms with Gasteiger partial charge in [0.05, 0.1) is 24.6 Å². The smallest absolute Gasteiger partial charge is 0.245 e. The quantitative estimate of drug-likeness (QED) is 0.183. The number of hydrogen-bond donors (Lipinski definition) is 3. The van der Waals surface area contributed by atoms with Crippen LogP contribution in [0.4, 0.5) is 0 Å². The Balaban J connectivity index is 2.17. The van der Waals surface area contributed by atoms with Gasteiger partial charge in [0.15, 0.2) is 0 Å². The van der Waals surface area contributed by atoms with Gasteiger partial charge >= 0.3 is 0 Å². The Bertz CT molecular complexity index is 1240. The number of carbonyl (C=O) groups is 4. The number of thioether (sulfide) groups is 1. The fourth-order valence-corrected chi connectivity index (χ4v) is 8.22. The van der Waals surface area contributed by atoms with Gasteiger partial charge in [0.2, 0.25) is 23.6 Å². The standard InChI is InChI=1S/C38H65N5O6S/c1-12-26(6)36(42(9)38(48)34(24(2)3)40-37(47)35(25(4)5)41(7)8)30(49-10)22-33(46)43-20-14-17-29(43)31(50-11)23-32(45)39-19-18-27-15-13-16-28(44)21-27/h13,15-16,21,24-26,29-31,34-36,44H,12,14,17-20,22-23H2,1-11H3,(H,39,45)(H,40,47). The number of amides is 4. The van der Waals surface area contributed by atoms with Crippen LogP contribution in [0.5, 0.6) is 5.75 Å². The average molecular weight is 720 g/mol. The minimum absolute atomic E-state index is 0.0206. The first kappa shape index (κ1) is 43.3. The number of hydrogen-bond acceptors (Lipinski definition) is 8. The second-order valence-electron chi connectivity index (χ2n) is 14.7. The number of phenolic OH excluding ortho intramolecular Hbond substituents is 1.